The molecule has 0 aliphatic carbocycles. The monoisotopic (exact) mass is 379 g/mol. The number of amides is 1. The number of anilines is 2. The van der Waals surface area contributed by atoms with Crippen molar-refractivity contribution in [2.75, 3.05) is 5.32 Å². The number of nitrogens with zero attached hydrogens (tertiary/aromatic N) is 1. The molecule has 29 heavy (non-hydrogen) atoms. The fourth-order valence-corrected chi connectivity index (χ4v) is 3.04. The Kier molecular flexibility index (Phi) is 5.63. The van der Waals surface area contributed by atoms with Gasteiger partial charge in [0, 0.05) is 24.0 Å². The average Bonchev–Trinajstić information content (AvgIpc) is 2.79. The highest BCUT2D eigenvalue weighted by Crippen LogP contribution is 2.23. The van der Waals surface area contributed by atoms with Gasteiger partial charge >= 0.3 is 0 Å². The molecule has 1 aromatic heterocycles. The van der Waals surface area contributed by atoms with Crippen molar-refractivity contribution >= 4 is 17.4 Å². The van der Waals surface area contributed by atoms with Crippen LogP contribution in [0, 0.1) is 0 Å². The number of pyridine rings is 1. The van der Waals surface area contributed by atoms with Crippen LogP contribution in [-0.4, -0.2) is 10.9 Å². The van der Waals surface area contributed by atoms with Crippen LogP contribution in [0.5, 0.6) is 0 Å². The van der Waals surface area contributed by atoms with Crippen LogP contribution in [-0.2, 0) is 6.54 Å². The van der Waals surface area contributed by atoms with Gasteiger partial charge in [0.15, 0.2) is 0 Å². The van der Waals surface area contributed by atoms with Gasteiger partial charge in [0.2, 0.25) is 0 Å². The van der Waals surface area contributed by atoms with Gasteiger partial charge < -0.3 is 10.6 Å². The Morgan fingerprint density at radius 1 is 0.759 bits per heavy atom. The first-order chi connectivity index (χ1) is 14.3. The Bertz CT molecular complexity index is 1080. The number of benzene rings is 3. The fraction of sp³-hybridized carbons (Fsp3) is 0.0400. The lowest BCUT2D eigenvalue weighted by Crippen LogP contribution is -2.22. The lowest BCUT2D eigenvalue weighted by molar-refractivity contribution is 0.0951. The van der Waals surface area contributed by atoms with Crippen LogP contribution in [0.1, 0.15) is 15.9 Å². The summed E-state index contributed by atoms with van der Waals surface area (Å²) in [6, 6.07) is 31.4. The highest BCUT2D eigenvalue weighted by Gasteiger charge is 2.07. The molecule has 0 saturated carbocycles. The van der Waals surface area contributed by atoms with Gasteiger partial charge in [0.25, 0.3) is 5.91 Å². The molecule has 0 saturated heterocycles. The number of para-hydroxylation sites is 1. The minimum atomic E-state index is -0.0819. The number of hydrogen-bond donors (Lipinski definition) is 2. The molecule has 3 aromatic carbocycles. The molecule has 4 aromatic rings. The molecule has 1 heterocycles. The summed E-state index contributed by atoms with van der Waals surface area (Å²) in [5.41, 5.74) is 4.77. The number of carbonyl (C=O) groups excluding carboxylic acids is 1. The molecule has 4 nitrogen and oxygen atoms in total. The molecule has 0 aliphatic rings. The first-order valence-electron chi connectivity index (χ1n) is 9.49. The first kappa shape index (κ1) is 18.4. The van der Waals surface area contributed by atoms with Crippen molar-refractivity contribution in [1.29, 1.82) is 0 Å². The van der Waals surface area contributed by atoms with E-state index in [0.717, 1.165) is 28.2 Å². The molecule has 0 spiro atoms. The predicted octanol–water partition coefficient (Wildman–Crippen LogP) is 5.42. The smallest absolute Gasteiger partial charge is 0.251 e. The Labute approximate surface area is 170 Å². The van der Waals surface area contributed by atoms with Crippen LogP contribution in [0.2, 0.25) is 0 Å². The molecule has 142 valence electrons. The Hall–Kier alpha value is -3.92. The maximum absolute atomic E-state index is 12.4. The molecule has 0 radical (unpaired) electrons. The predicted molar refractivity (Wildman–Crippen MR) is 117 cm³/mol. The van der Waals surface area contributed by atoms with Crippen LogP contribution in [0.4, 0.5) is 11.5 Å². The maximum atomic E-state index is 12.4. The second-order valence-corrected chi connectivity index (χ2v) is 6.67. The zero-order chi connectivity index (χ0) is 19.9. The number of nitrogens with one attached hydrogen (secondary N) is 2. The van der Waals surface area contributed by atoms with Crippen LogP contribution < -0.4 is 10.6 Å². The van der Waals surface area contributed by atoms with E-state index >= 15 is 0 Å². The Balaban J connectivity index is 1.43. The van der Waals surface area contributed by atoms with E-state index in [1.165, 1.54) is 0 Å². The van der Waals surface area contributed by atoms with Gasteiger partial charge in [-0.05, 0) is 53.1 Å². The van der Waals surface area contributed by atoms with E-state index in [0.29, 0.717) is 12.1 Å². The quantitative estimate of drug-likeness (QED) is 0.470. The molecule has 0 bridgehead atoms. The van der Waals surface area contributed by atoms with Gasteiger partial charge in [-0.1, -0.05) is 60.7 Å². The second-order valence-electron chi connectivity index (χ2n) is 6.67. The molecule has 4 rings (SSSR count). The lowest BCUT2D eigenvalue weighted by atomic mass is 10.0. The van der Waals surface area contributed by atoms with Crippen LogP contribution in [0.15, 0.2) is 103 Å². The minimum absolute atomic E-state index is 0.0819. The first-order valence-corrected chi connectivity index (χ1v) is 9.49. The lowest BCUT2D eigenvalue weighted by Gasteiger charge is -2.09. The van der Waals surface area contributed by atoms with Crippen LogP contribution in [0.25, 0.3) is 11.1 Å². The number of carbonyl (C=O) groups is 1. The van der Waals surface area contributed by atoms with Crippen molar-refractivity contribution in [3.8, 4) is 11.1 Å². The molecule has 0 aliphatic heterocycles. The third kappa shape index (κ3) is 4.87. The summed E-state index contributed by atoms with van der Waals surface area (Å²) in [5, 5.41) is 6.25. The van der Waals surface area contributed by atoms with E-state index < -0.39 is 0 Å². The number of aromatic nitrogens is 1. The van der Waals surface area contributed by atoms with Gasteiger partial charge in [-0.2, -0.15) is 0 Å². The zero-order valence-electron chi connectivity index (χ0n) is 15.9. The molecule has 1 amide bonds. The molecule has 2 N–H and O–H groups in total. The molecule has 0 atom stereocenters. The normalized spacial score (nSPS) is 10.3. The standard InChI is InChI=1S/C25H21N3O/c29-25(27-18-19-7-3-1-4-8-19)21-13-11-20(12-14-21)22-15-16-26-24(17-22)28-23-9-5-2-6-10-23/h1-17H,18H2,(H,26,28)(H,27,29). The van der Waals surface area contributed by atoms with Gasteiger partial charge in [-0.15, -0.1) is 0 Å². The molecule has 4 heteroatoms. The van der Waals surface area contributed by atoms with Crippen LogP contribution in [0.3, 0.4) is 0 Å². The summed E-state index contributed by atoms with van der Waals surface area (Å²) < 4.78 is 0. The van der Waals surface area contributed by atoms with Crippen molar-refractivity contribution in [3.63, 3.8) is 0 Å². The number of rotatable bonds is 6. The highest BCUT2D eigenvalue weighted by atomic mass is 16.1. The SMILES string of the molecule is O=C(NCc1ccccc1)c1ccc(-c2ccnc(Nc3ccccc3)c2)cc1. The largest absolute Gasteiger partial charge is 0.348 e. The van der Waals surface area contributed by atoms with E-state index in [-0.39, 0.29) is 5.91 Å². The zero-order valence-corrected chi connectivity index (χ0v) is 15.9. The average molecular weight is 379 g/mol. The summed E-state index contributed by atoms with van der Waals surface area (Å²) in [6.07, 6.45) is 1.78. The summed E-state index contributed by atoms with van der Waals surface area (Å²) >= 11 is 0. The Morgan fingerprint density at radius 3 is 2.17 bits per heavy atom. The van der Waals surface area contributed by atoms with E-state index in [1.54, 1.807) is 6.20 Å². The summed E-state index contributed by atoms with van der Waals surface area (Å²) in [6.45, 7) is 0.514. The Morgan fingerprint density at radius 2 is 1.45 bits per heavy atom. The third-order valence-electron chi connectivity index (χ3n) is 4.58. The van der Waals surface area contributed by atoms with Crippen molar-refractivity contribution in [3.05, 3.63) is 114 Å². The van der Waals surface area contributed by atoms with Gasteiger partial charge in [-0.25, -0.2) is 4.98 Å². The highest BCUT2D eigenvalue weighted by molar-refractivity contribution is 5.94. The summed E-state index contributed by atoms with van der Waals surface area (Å²) in [4.78, 5) is 16.8. The van der Waals surface area contributed by atoms with Crippen molar-refractivity contribution in [1.82, 2.24) is 10.3 Å². The summed E-state index contributed by atoms with van der Waals surface area (Å²) in [5.74, 6) is 0.694. The summed E-state index contributed by atoms with van der Waals surface area (Å²) in [7, 11) is 0. The van der Waals surface area contributed by atoms with Crippen molar-refractivity contribution in [2.24, 2.45) is 0 Å². The van der Waals surface area contributed by atoms with Gasteiger partial charge in [0.1, 0.15) is 5.82 Å². The topological polar surface area (TPSA) is 54.0 Å². The van der Waals surface area contributed by atoms with Crippen LogP contribution >= 0.6 is 0 Å². The fourth-order valence-electron chi connectivity index (χ4n) is 3.04. The van der Waals surface area contributed by atoms with Gasteiger partial charge in [-0.3, -0.25) is 4.79 Å². The third-order valence-corrected chi connectivity index (χ3v) is 4.58. The van der Waals surface area contributed by atoms with E-state index in [1.807, 2.05) is 97.1 Å². The molecule has 0 fully saturated rings. The maximum Gasteiger partial charge on any atom is 0.251 e. The van der Waals surface area contributed by atoms with E-state index in [4.69, 9.17) is 0 Å². The minimum Gasteiger partial charge on any atom is -0.348 e. The number of hydrogen-bond acceptors (Lipinski definition) is 3. The van der Waals surface area contributed by atoms with Gasteiger partial charge in [0.05, 0.1) is 0 Å². The molecule has 0 unspecified atom stereocenters. The van der Waals surface area contributed by atoms with Crippen molar-refractivity contribution in [2.45, 2.75) is 6.54 Å². The van der Waals surface area contributed by atoms with E-state index in [2.05, 4.69) is 15.6 Å². The second kappa shape index (κ2) is 8.85. The molecular weight excluding hydrogens is 358 g/mol. The van der Waals surface area contributed by atoms with Crippen molar-refractivity contribution < 1.29 is 4.79 Å². The molecular formula is C25H21N3O. The van der Waals surface area contributed by atoms with E-state index in [9.17, 15) is 4.79 Å².